The number of aromatic amines is 1. The molecule has 1 aromatic heterocycles. The first-order valence-corrected chi connectivity index (χ1v) is 5.34. The van der Waals surface area contributed by atoms with E-state index >= 15 is 0 Å². The molecule has 1 aromatic rings. The molecule has 1 heterocycles. The third-order valence-electron chi connectivity index (χ3n) is 2.46. The van der Waals surface area contributed by atoms with Gasteiger partial charge in [-0.1, -0.05) is 6.92 Å². The van der Waals surface area contributed by atoms with Gasteiger partial charge in [0.05, 0.1) is 11.7 Å². The highest BCUT2D eigenvalue weighted by Gasteiger charge is 2.16. The topological polar surface area (TPSA) is 82.9 Å². The molecule has 1 unspecified atom stereocenters. The van der Waals surface area contributed by atoms with Crippen LogP contribution < -0.4 is 5.56 Å². The lowest BCUT2D eigenvalue weighted by atomic mass is 10.1. The lowest BCUT2D eigenvalue weighted by Crippen LogP contribution is -2.19. The van der Waals surface area contributed by atoms with E-state index in [4.69, 9.17) is 10.00 Å². The van der Waals surface area contributed by atoms with E-state index in [0.29, 0.717) is 12.1 Å². The van der Waals surface area contributed by atoms with Gasteiger partial charge in [-0.15, -0.1) is 0 Å². The van der Waals surface area contributed by atoms with Crippen molar-refractivity contribution in [2.24, 2.45) is 0 Å². The number of pyridine rings is 1. The molecule has 0 fully saturated rings. The van der Waals surface area contributed by atoms with Crippen molar-refractivity contribution in [1.82, 2.24) is 4.98 Å². The van der Waals surface area contributed by atoms with Crippen LogP contribution in [0.2, 0.25) is 0 Å². The summed E-state index contributed by atoms with van der Waals surface area (Å²) in [4.78, 5) is 25.5. The average molecular weight is 234 g/mol. The summed E-state index contributed by atoms with van der Waals surface area (Å²) in [6.45, 7) is 5.28. The Morgan fingerprint density at radius 1 is 1.65 bits per heavy atom. The van der Waals surface area contributed by atoms with Gasteiger partial charge in [0.1, 0.15) is 11.6 Å². The summed E-state index contributed by atoms with van der Waals surface area (Å²) in [5.41, 5.74) is 0.0422. The maximum atomic E-state index is 11.8. The highest BCUT2D eigenvalue weighted by Crippen LogP contribution is 2.09. The zero-order valence-electron chi connectivity index (χ0n) is 10.0. The van der Waals surface area contributed by atoms with Gasteiger partial charge in [-0.05, 0) is 26.3 Å². The minimum atomic E-state index is -0.524. The fraction of sp³-hybridized carbons (Fsp3) is 0.417. The highest BCUT2D eigenvalue weighted by atomic mass is 16.5. The Morgan fingerprint density at radius 3 is 2.82 bits per heavy atom. The van der Waals surface area contributed by atoms with Crippen LogP contribution in [-0.2, 0) is 4.74 Å². The second-order valence-corrected chi connectivity index (χ2v) is 3.79. The summed E-state index contributed by atoms with van der Waals surface area (Å²) in [6, 6.07) is 3.00. The van der Waals surface area contributed by atoms with Gasteiger partial charge in [-0.2, -0.15) is 5.26 Å². The van der Waals surface area contributed by atoms with Crippen LogP contribution in [0.15, 0.2) is 10.9 Å². The largest absolute Gasteiger partial charge is 0.459 e. The van der Waals surface area contributed by atoms with Gasteiger partial charge in [-0.25, -0.2) is 4.79 Å². The zero-order valence-corrected chi connectivity index (χ0v) is 10.0. The van der Waals surface area contributed by atoms with Crippen molar-refractivity contribution in [2.45, 2.75) is 33.3 Å². The van der Waals surface area contributed by atoms with Crippen molar-refractivity contribution in [2.75, 3.05) is 0 Å². The summed E-state index contributed by atoms with van der Waals surface area (Å²) in [5.74, 6) is -0.524. The highest BCUT2D eigenvalue weighted by molar-refractivity contribution is 5.91. The van der Waals surface area contributed by atoms with Gasteiger partial charge in [0.25, 0.3) is 5.56 Å². The number of aromatic nitrogens is 1. The summed E-state index contributed by atoms with van der Waals surface area (Å²) in [5, 5.41) is 8.72. The molecule has 0 aliphatic rings. The number of ether oxygens (including phenoxy) is 1. The molecule has 0 radical (unpaired) electrons. The molecule has 0 spiro atoms. The van der Waals surface area contributed by atoms with Crippen LogP contribution in [0.4, 0.5) is 0 Å². The molecule has 0 saturated heterocycles. The van der Waals surface area contributed by atoms with Gasteiger partial charge in [-0.3, -0.25) is 4.79 Å². The first kappa shape index (κ1) is 13.0. The third-order valence-corrected chi connectivity index (χ3v) is 2.46. The van der Waals surface area contributed by atoms with Gasteiger partial charge in [0.2, 0.25) is 0 Å². The van der Waals surface area contributed by atoms with E-state index in [-0.39, 0.29) is 17.2 Å². The number of hydrogen-bond acceptors (Lipinski definition) is 4. The Morgan fingerprint density at radius 2 is 2.29 bits per heavy atom. The predicted molar refractivity (Wildman–Crippen MR) is 61.7 cm³/mol. The Kier molecular flexibility index (Phi) is 4.05. The minimum Gasteiger partial charge on any atom is -0.459 e. The molecule has 0 saturated carbocycles. The van der Waals surface area contributed by atoms with Crippen LogP contribution in [-0.4, -0.2) is 17.1 Å². The Balaban J connectivity index is 3.11. The second kappa shape index (κ2) is 5.30. The summed E-state index contributed by atoms with van der Waals surface area (Å²) >= 11 is 0. The lowest BCUT2D eigenvalue weighted by Gasteiger charge is -2.11. The fourth-order valence-corrected chi connectivity index (χ4v) is 1.25. The van der Waals surface area contributed by atoms with Crippen LogP contribution in [0.25, 0.3) is 0 Å². The maximum Gasteiger partial charge on any atom is 0.340 e. The molecule has 1 N–H and O–H groups in total. The summed E-state index contributed by atoms with van der Waals surface area (Å²) in [6.07, 6.45) is 0.513. The van der Waals surface area contributed by atoms with E-state index in [2.05, 4.69) is 4.98 Å². The van der Waals surface area contributed by atoms with Crippen molar-refractivity contribution in [3.63, 3.8) is 0 Å². The van der Waals surface area contributed by atoms with E-state index in [1.807, 2.05) is 6.92 Å². The van der Waals surface area contributed by atoms with Crippen molar-refractivity contribution in [1.29, 1.82) is 5.26 Å². The zero-order chi connectivity index (χ0) is 13.0. The minimum absolute atomic E-state index is 0.0910. The lowest BCUT2D eigenvalue weighted by molar-refractivity contribution is 0.0333. The standard InChI is InChI=1S/C12H14N2O3/c1-4-7(2)17-12(16)10-5-9(6-13)11(15)14-8(10)3/h5,7H,4H2,1-3H3,(H,14,15). The summed E-state index contributed by atoms with van der Waals surface area (Å²) in [7, 11) is 0. The number of hydrogen-bond donors (Lipinski definition) is 1. The SMILES string of the molecule is CCC(C)OC(=O)c1cc(C#N)c(=O)[nH]c1C. The molecule has 1 rings (SSSR count). The molecular formula is C12H14N2O3. The number of nitrogens with one attached hydrogen (secondary N) is 1. The van der Waals surface area contributed by atoms with Gasteiger partial charge in [0.15, 0.2) is 0 Å². The van der Waals surface area contributed by atoms with Crippen molar-refractivity contribution in [3.05, 3.63) is 33.2 Å². The van der Waals surface area contributed by atoms with Gasteiger partial charge >= 0.3 is 5.97 Å². The molecule has 0 amide bonds. The Hall–Kier alpha value is -2.09. The molecule has 90 valence electrons. The molecule has 5 nitrogen and oxygen atoms in total. The van der Waals surface area contributed by atoms with E-state index in [1.54, 1.807) is 19.9 Å². The average Bonchev–Trinajstić information content (AvgIpc) is 2.28. The molecule has 0 bridgehead atoms. The number of esters is 1. The summed E-state index contributed by atoms with van der Waals surface area (Å²) < 4.78 is 5.14. The number of nitriles is 1. The molecule has 0 aromatic carbocycles. The van der Waals surface area contributed by atoms with Crippen molar-refractivity contribution < 1.29 is 9.53 Å². The molecular weight excluding hydrogens is 220 g/mol. The number of H-pyrrole nitrogens is 1. The van der Waals surface area contributed by atoms with Crippen LogP contribution in [0.5, 0.6) is 0 Å². The molecule has 0 aliphatic carbocycles. The van der Waals surface area contributed by atoms with Crippen molar-refractivity contribution >= 4 is 5.97 Å². The normalized spacial score (nSPS) is 11.6. The quantitative estimate of drug-likeness (QED) is 0.803. The maximum absolute atomic E-state index is 11.8. The number of carbonyl (C=O) groups is 1. The molecule has 5 heteroatoms. The van der Waals surface area contributed by atoms with Crippen molar-refractivity contribution in [3.8, 4) is 6.07 Å². The van der Waals surface area contributed by atoms with E-state index in [0.717, 1.165) is 0 Å². The van der Waals surface area contributed by atoms with Crippen LogP contribution >= 0.6 is 0 Å². The smallest absolute Gasteiger partial charge is 0.340 e. The number of nitrogens with zero attached hydrogens (tertiary/aromatic N) is 1. The number of carbonyl (C=O) groups excluding carboxylic acids is 1. The van der Waals surface area contributed by atoms with Crippen LogP contribution in [0.3, 0.4) is 0 Å². The Bertz CT molecular complexity index is 526. The first-order chi connectivity index (χ1) is 7.99. The molecule has 0 aliphatic heterocycles. The van der Waals surface area contributed by atoms with E-state index in [1.165, 1.54) is 6.07 Å². The number of rotatable bonds is 3. The van der Waals surface area contributed by atoms with Gasteiger partial charge in [0, 0.05) is 5.69 Å². The van der Waals surface area contributed by atoms with Crippen LogP contribution in [0.1, 0.15) is 41.9 Å². The monoisotopic (exact) mass is 234 g/mol. The van der Waals surface area contributed by atoms with Crippen LogP contribution in [0, 0.1) is 18.3 Å². The van der Waals surface area contributed by atoms with Gasteiger partial charge < -0.3 is 9.72 Å². The molecule has 1 atom stereocenters. The van der Waals surface area contributed by atoms with E-state index in [9.17, 15) is 9.59 Å². The predicted octanol–water partition coefficient (Wildman–Crippen LogP) is 1.51. The Labute approximate surface area is 99.0 Å². The third kappa shape index (κ3) is 2.94. The second-order valence-electron chi connectivity index (χ2n) is 3.79. The molecule has 17 heavy (non-hydrogen) atoms. The first-order valence-electron chi connectivity index (χ1n) is 5.34. The number of aryl methyl sites for hydroxylation is 1. The van der Waals surface area contributed by atoms with E-state index < -0.39 is 11.5 Å². The fourth-order valence-electron chi connectivity index (χ4n) is 1.25.